The normalized spacial score (nSPS) is 12.8. The molecular weight excluding hydrogens is 426 g/mol. The van der Waals surface area contributed by atoms with Gasteiger partial charge in [-0.05, 0) is 37.3 Å². The van der Waals surface area contributed by atoms with Crippen LogP contribution in [-0.4, -0.2) is 64.0 Å². The first-order valence-electron chi connectivity index (χ1n) is 11.2. The second kappa shape index (κ2) is 13.5. The molecule has 0 saturated heterocycles. The van der Waals surface area contributed by atoms with E-state index in [9.17, 15) is 24.4 Å². The van der Waals surface area contributed by atoms with Crippen LogP contribution in [0, 0.1) is 11.8 Å². The Hall–Kier alpha value is -2.98. The second-order valence-corrected chi connectivity index (χ2v) is 8.84. The number of benzene rings is 1. The van der Waals surface area contributed by atoms with Crippen molar-refractivity contribution >= 4 is 23.6 Å². The molecule has 0 aliphatic heterocycles. The average Bonchev–Trinajstić information content (AvgIpc) is 2.78. The minimum atomic E-state index is -1.37. The summed E-state index contributed by atoms with van der Waals surface area (Å²) in [5.41, 5.74) is 7.75. The monoisotopic (exact) mass is 463 g/mol. The lowest BCUT2D eigenvalue weighted by molar-refractivity contribution is -0.175. The summed E-state index contributed by atoms with van der Waals surface area (Å²) in [5, 5.41) is 14.2. The van der Waals surface area contributed by atoms with E-state index in [1.807, 2.05) is 27.7 Å². The Bertz CT molecular complexity index is 798. The van der Waals surface area contributed by atoms with Gasteiger partial charge in [-0.1, -0.05) is 45.9 Å². The van der Waals surface area contributed by atoms with E-state index >= 15 is 0 Å². The fourth-order valence-corrected chi connectivity index (χ4v) is 3.11. The van der Waals surface area contributed by atoms with Crippen LogP contribution >= 0.6 is 0 Å². The number of hydrazine groups is 1. The van der Waals surface area contributed by atoms with Crippen molar-refractivity contribution in [3.05, 3.63) is 35.9 Å². The molecule has 0 spiro atoms. The zero-order valence-corrected chi connectivity index (χ0v) is 20.1. The molecular formula is C23H37N5O5. The molecule has 4 amide bonds. The van der Waals surface area contributed by atoms with Gasteiger partial charge in [-0.15, -0.1) is 0 Å². The fraction of sp³-hybridized carbons (Fsp3) is 0.565. The zero-order chi connectivity index (χ0) is 25.1. The van der Waals surface area contributed by atoms with E-state index in [1.165, 1.54) is 6.92 Å². The van der Waals surface area contributed by atoms with E-state index in [4.69, 9.17) is 5.73 Å². The van der Waals surface area contributed by atoms with Gasteiger partial charge in [0, 0.05) is 25.1 Å². The molecule has 0 fully saturated rings. The molecule has 33 heavy (non-hydrogen) atoms. The summed E-state index contributed by atoms with van der Waals surface area (Å²) in [4.78, 5) is 51.5. The Morgan fingerprint density at radius 3 is 2.09 bits per heavy atom. The quantitative estimate of drug-likeness (QED) is 0.287. The number of nitrogens with two attached hydrogens (primary N) is 1. The Kier molecular flexibility index (Phi) is 11.5. The molecule has 0 saturated carbocycles. The molecule has 0 aliphatic rings. The van der Waals surface area contributed by atoms with Crippen LogP contribution in [0.3, 0.4) is 0 Å². The first-order chi connectivity index (χ1) is 15.5. The molecule has 184 valence electrons. The predicted molar refractivity (Wildman–Crippen MR) is 124 cm³/mol. The fourth-order valence-electron chi connectivity index (χ4n) is 3.11. The van der Waals surface area contributed by atoms with Crippen LogP contribution in [0.5, 0.6) is 0 Å². The van der Waals surface area contributed by atoms with Crippen LogP contribution in [0.2, 0.25) is 0 Å². The Morgan fingerprint density at radius 1 is 1.00 bits per heavy atom. The number of hydrogen-bond donors (Lipinski definition) is 4. The van der Waals surface area contributed by atoms with Crippen molar-refractivity contribution in [3.8, 4) is 0 Å². The van der Waals surface area contributed by atoms with Crippen molar-refractivity contribution in [2.24, 2.45) is 17.6 Å². The smallest absolute Gasteiger partial charge is 0.270 e. The predicted octanol–water partition coefficient (Wildman–Crippen LogP) is 1.30. The SMILES string of the molecule is CC(C)CCC(=O)N([C@H](CNC(=O)c1ccccc1)C(=O)NO)N(CC(C)C)C(=O)[C@@H](C)N. The molecule has 0 radical (unpaired) electrons. The van der Waals surface area contributed by atoms with Crippen LogP contribution in [-0.2, 0) is 14.4 Å². The molecule has 5 N–H and O–H groups in total. The van der Waals surface area contributed by atoms with Crippen molar-refractivity contribution in [3.63, 3.8) is 0 Å². The van der Waals surface area contributed by atoms with Gasteiger partial charge in [-0.2, -0.15) is 0 Å². The van der Waals surface area contributed by atoms with Crippen molar-refractivity contribution in [1.82, 2.24) is 20.8 Å². The maximum Gasteiger partial charge on any atom is 0.270 e. The van der Waals surface area contributed by atoms with Crippen molar-refractivity contribution in [2.45, 2.75) is 59.5 Å². The standard InChI is InChI=1S/C23H37N5O5/c1-15(2)11-12-20(29)28(27(14-16(3)4)23(32)17(5)24)19(22(31)26-33)13-25-21(30)18-9-7-6-8-10-18/h6-10,15-17,19,33H,11-14,24H2,1-5H3,(H,25,30)(H,26,31)/t17-,19-/m1/s1. The highest BCUT2D eigenvalue weighted by atomic mass is 16.5. The van der Waals surface area contributed by atoms with Gasteiger partial charge in [0.05, 0.1) is 6.04 Å². The van der Waals surface area contributed by atoms with E-state index in [1.54, 1.807) is 35.8 Å². The number of carbonyl (C=O) groups excluding carboxylic acids is 4. The topological polar surface area (TPSA) is 145 Å². The highest BCUT2D eigenvalue weighted by Gasteiger charge is 2.38. The highest BCUT2D eigenvalue weighted by Crippen LogP contribution is 2.16. The largest absolute Gasteiger partial charge is 0.349 e. The van der Waals surface area contributed by atoms with Crippen molar-refractivity contribution in [2.75, 3.05) is 13.1 Å². The third kappa shape index (κ3) is 8.82. The summed E-state index contributed by atoms with van der Waals surface area (Å²) >= 11 is 0. The Labute approximate surface area is 195 Å². The van der Waals surface area contributed by atoms with E-state index < -0.39 is 35.7 Å². The molecule has 1 rings (SSSR count). The molecule has 1 aromatic carbocycles. The average molecular weight is 464 g/mol. The summed E-state index contributed by atoms with van der Waals surface area (Å²) in [7, 11) is 0. The van der Waals surface area contributed by atoms with Gasteiger partial charge in [-0.3, -0.25) is 24.4 Å². The molecule has 0 bridgehead atoms. The number of carbonyl (C=O) groups is 4. The molecule has 1 aromatic rings. The lowest BCUT2D eigenvalue weighted by Gasteiger charge is -2.41. The summed E-state index contributed by atoms with van der Waals surface area (Å²) in [5.74, 6) is -2.28. The van der Waals surface area contributed by atoms with Crippen LogP contribution in [0.1, 0.15) is 57.8 Å². The Balaban J connectivity index is 3.35. The van der Waals surface area contributed by atoms with Crippen molar-refractivity contribution in [1.29, 1.82) is 0 Å². The van der Waals surface area contributed by atoms with Gasteiger partial charge in [0.15, 0.2) is 6.04 Å². The maximum atomic E-state index is 13.3. The first-order valence-corrected chi connectivity index (χ1v) is 11.2. The minimum Gasteiger partial charge on any atom is -0.349 e. The zero-order valence-electron chi connectivity index (χ0n) is 20.1. The van der Waals surface area contributed by atoms with Crippen molar-refractivity contribution < 1.29 is 24.4 Å². The van der Waals surface area contributed by atoms with Gasteiger partial charge in [0.2, 0.25) is 5.91 Å². The van der Waals surface area contributed by atoms with E-state index in [0.717, 1.165) is 10.0 Å². The second-order valence-electron chi connectivity index (χ2n) is 8.84. The van der Waals surface area contributed by atoms with Gasteiger partial charge in [0.25, 0.3) is 17.7 Å². The number of hydroxylamine groups is 1. The number of amides is 4. The van der Waals surface area contributed by atoms with Crippen LogP contribution in [0.15, 0.2) is 30.3 Å². The molecule has 0 aromatic heterocycles. The van der Waals surface area contributed by atoms with Gasteiger partial charge in [-0.25, -0.2) is 15.5 Å². The van der Waals surface area contributed by atoms with Gasteiger partial charge < -0.3 is 11.1 Å². The lowest BCUT2D eigenvalue weighted by atomic mass is 10.1. The number of hydrogen-bond acceptors (Lipinski definition) is 6. The van der Waals surface area contributed by atoms with Crippen LogP contribution < -0.4 is 16.5 Å². The van der Waals surface area contributed by atoms with Crippen LogP contribution in [0.25, 0.3) is 0 Å². The number of nitrogens with one attached hydrogen (secondary N) is 2. The summed E-state index contributed by atoms with van der Waals surface area (Å²) in [6.45, 7) is 8.91. The van der Waals surface area contributed by atoms with E-state index in [2.05, 4.69) is 5.32 Å². The summed E-state index contributed by atoms with van der Waals surface area (Å²) in [6.07, 6.45) is 0.599. The van der Waals surface area contributed by atoms with E-state index in [-0.39, 0.29) is 31.3 Å². The Morgan fingerprint density at radius 2 is 1.61 bits per heavy atom. The minimum absolute atomic E-state index is 0.0511. The number of nitrogens with zero attached hydrogens (tertiary/aromatic N) is 2. The summed E-state index contributed by atoms with van der Waals surface area (Å²) in [6, 6.07) is 6.06. The van der Waals surface area contributed by atoms with Gasteiger partial charge in [0.1, 0.15) is 0 Å². The number of rotatable bonds is 11. The first kappa shape index (κ1) is 28.1. The highest BCUT2D eigenvalue weighted by molar-refractivity contribution is 5.95. The third-order valence-corrected chi connectivity index (χ3v) is 4.83. The third-order valence-electron chi connectivity index (χ3n) is 4.83. The van der Waals surface area contributed by atoms with E-state index in [0.29, 0.717) is 12.0 Å². The molecule has 0 heterocycles. The lowest BCUT2D eigenvalue weighted by Crippen LogP contribution is -2.64. The van der Waals surface area contributed by atoms with Gasteiger partial charge >= 0.3 is 0 Å². The van der Waals surface area contributed by atoms with Crippen LogP contribution in [0.4, 0.5) is 0 Å². The molecule has 2 atom stereocenters. The maximum absolute atomic E-state index is 13.3. The summed E-state index contributed by atoms with van der Waals surface area (Å²) < 4.78 is 0. The molecule has 10 nitrogen and oxygen atoms in total. The molecule has 0 aliphatic carbocycles. The molecule has 0 unspecified atom stereocenters. The molecule has 10 heteroatoms.